The second kappa shape index (κ2) is 7.17. The Morgan fingerprint density at radius 1 is 1.18 bits per heavy atom. The highest BCUT2D eigenvalue weighted by molar-refractivity contribution is 5.67. The van der Waals surface area contributed by atoms with Crippen molar-refractivity contribution in [1.29, 1.82) is 0 Å². The molecule has 0 aliphatic carbocycles. The van der Waals surface area contributed by atoms with Crippen molar-refractivity contribution in [2.45, 2.75) is 44.6 Å². The van der Waals surface area contributed by atoms with Gasteiger partial charge in [-0.1, -0.05) is 32.0 Å². The van der Waals surface area contributed by atoms with Gasteiger partial charge in [0.25, 0.3) is 0 Å². The van der Waals surface area contributed by atoms with Gasteiger partial charge in [-0.3, -0.25) is 4.57 Å². The predicted octanol–water partition coefficient (Wildman–Crippen LogP) is -1.36. The molecular formula is C19H25N5O4. The number of ether oxygens (including phenoxy) is 1. The first kappa shape index (κ1) is 18.9. The zero-order valence-corrected chi connectivity index (χ0v) is 15.8. The summed E-state index contributed by atoms with van der Waals surface area (Å²) >= 11 is 0. The normalized spacial score (nSPS) is 29.9. The summed E-state index contributed by atoms with van der Waals surface area (Å²) in [5, 5.41) is 30.3. The summed E-state index contributed by atoms with van der Waals surface area (Å²) in [7, 11) is 0. The number of fused-ring (bicyclic) bond motifs is 1. The maximum absolute atomic E-state index is 10.4. The van der Waals surface area contributed by atoms with Crippen LogP contribution in [0, 0.1) is 5.92 Å². The van der Waals surface area contributed by atoms with Gasteiger partial charge in [0, 0.05) is 5.69 Å². The summed E-state index contributed by atoms with van der Waals surface area (Å²) in [6.45, 7) is 3.71. The first-order valence-corrected chi connectivity index (χ1v) is 9.31. The van der Waals surface area contributed by atoms with Gasteiger partial charge in [-0.2, -0.15) is 0 Å². The fraction of sp³-hybridized carbons (Fsp3) is 0.474. The van der Waals surface area contributed by atoms with Crippen LogP contribution in [0.15, 0.2) is 41.7 Å². The summed E-state index contributed by atoms with van der Waals surface area (Å²) < 4.78 is 7.21. The van der Waals surface area contributed by atoms with E-state index in [0.717, 1.165) is 5.69 Å². The molecule has 5 N–H and O–H groups in total. The molecule has 1 fully saturated rings. The molecule has 2 aliphatic rings. The van der Waals surface area contributed by atoms with Crippen LogP contribution < -0.4 is 21.5 Å². The summed E-state index contributed by atoms with van der Waals surface area (Å²) in [6, 6.07) is 9.74. The van der Waals surface area contributed by atoms with Gasteiger partial charge in [0.05, 0.1) is 12.9 Å². The molecule has 1 saturated heterocycles. The van der Waals surface area contributed by atoms with Crippen molar-refractivity contribution in [2.75, 3.05) is 11.5 Å². The number of aliphatic hydroxyl groups is 3. The maximum atomic E-state index is 10.4. The molecule has 150 valence electrons. The molecule has 1 unspecified atom stereocenters. The van der Waals surface area contributed by atoms with Crippen LogP contribution in [-0.4, -0.2) is 56.0 Å². The Morgan fingerprint density at radius 3 is 2.50 bits per heavy atom. The number of aromatic nitrogens is 2. The van der Waals surface area contributed by atoms with Gasteiger partial charge >= 0.3 is 0 Å². The standard InChI is InChI=1S/C19H25N5O4/c1-10(2)17-22-18-13(16(20)24(17)11-6-4-3-5-7-11)21-9-23(18)19-15(27)14(26)12(8-25)28-19/h3-7,9-10,12,14-15,17,19,25-27H,8,20H2,1-2H3/t12-,14-,15-,17?,19-/m1/s1. The Bertz CT molecular complexity index is 960. The smallest absolute Gasteiger partial charge is 0.165 e. The minimum Gasteiger partial charge on any atom is -0.394 e. The molecule has 0 amide bonds. The number of nitrogens with zero attached hydrogens (tertiary/aromatic N) is 4. The van der Waals surface area contributed by atoms with Gasteiger partial charge in [-0.25, -0.2) is 9.98 Å². The third kappa shape index (κ3) is 2.87. The largest absolute Gasteiger partial charge is 0.394 e. The van der Waals surface area contributed by atoms with Crippen LogP contribution in [0.2, 0.25) is 0 Å². The molecule has 2 aromatic rings. The molecule has 28 heavy (non-hydrogen) atoms. The molecule has 0 saturated carbocycles. The zero-order valence-electron chi connectivity index (χ0n) is 15.8. The van der Waals surface area contributed by atoms with E-state index in [0.29, 0.717) is 16.7 Å². The molecule has 2 aliphatic heterocycles. The van der Waals surface area contributed by atoms with Gasteiger partial charge in [0.1, 0.15) is 35.6 Å². The van der Waals surface area contributed by atoms with Crippen molar-refractivity contribution in [2.24, 2.45) is 16.6 Å². The van der Waals surface area contributed by atoms with E-state index in [4.69, 9.17) is 15.5 Å². The molecule has 0 spiro atoms. The number of anilines is 1. The van der Waals surface area contributed by atoms with Crippen LogP contribution in [-0.2, 0) is 4.74 Å². The van der Waals surface area contributed by atoms with E-state index in [1.54, 1.807) is 4.57 Å². The number of nitrogens with two attached hydrogens (primary N) is 1. The molecule has 1 aromatic carbocycles. The molecular weight excluding hydrogens is 362 g/mol. The van der Waals surface area contributed by atoms with Crippen LogP contribution in [0.4, 0.5) is 5.69 Å². The van der Waals surface area contributed by atoms with Crippen LogP contribution in [0.3, 0.4) is 0 Å². The average molecular weight is 387 g/mol. The summed E-state index contributed by atoms with van der Waals surface area (Å²) in [4.78, 5) is 11.2. The van der Waals surface area contributed by atoms with E-state index in [1.165, 1.54) is 6.33 Å². The fourth-order valence-corrected chi connectivity index (χ4v) is 3.73. The quantitative estimate of drug-likeness (QED) is 0.510. The molecule has 9 heteroatoms. The number of benzene rings is 1. The number of hydrogen-bond donors (Lipinski definition) is 4. The molecule has 5 atom stereocenters. The summed E-state index contributed by atoms with van der Waals surface area (Å²) in [5.41, 5.74) is 7.89. The highest BCUT2D eigenvalue weighted by atomic mass is 16.6. The first-order valence-electron chi connectivity index (χ1n) is 9.31. The minimum atomic E-state index is -1.21. The molecule has 1 aromatic heterocycles. The minimum absolute atomic E-state index is 0.139. The number of rotatable bonds is 4. The Balaban J connectivity index is 1.84. The van der Waals surface area contributed by atoms with Crippen LogP contribution in [0.5, 0.6) is 0 Å². The molecule has 0 radical (unpaired) electrons. The third-order valence-electron chi connectivity index (χ3n) is 5.21. The number of aliphatic hydroxyl groups excluding tert-OH is 3. The van der Waals surface area contributed by atoms with Gasteiger partial charge < -0.3 is 30.7 Å². The number of imidazole rings is 1. The Hall–Kier alpha value is -2.46. The van der Waals surface area contributed by atoms with Crippen LogP contribution >= 0.6 is 0 Å². The second-order valence-corrected chi connectivity index (χ2v) is 7.43. The summed E-state index contributed by atoms with van der Waals surface area (Å²) in [6.07, 6.45) is -2.97. The lowest BCUT2D eigenvalue weighted by molar-refractivity contribution is -0.0546. The first-order chi connectivity index (χ1) is 13.4. The number of para-hydroxylation sites is 1. The topological polar surface area (TPSA) is 129 Å². The van der Waals surface area contributed by atoms with E-state index >= 15 is 0 Å². The van der Waals surface area contributed by atoms with Crippen molar-refractivity contribution >= 4 is 11.5 Å². The lowest BCUT2D eigenvalue weighted by Crippen LogP contribution is -2.52. The SMILES string of the molecule is CC(C)C1N=c2c(ncn2[C@@H]2O[C@H](CO)[C@@H](O)[C@H]2O)=C(N)N1c1ccccc1. The number of hydrogen-bond acceptors (Lipinski definition) is 8. The Morgan fingerprint density at radius 2 is 1.89 bits per heavy atom. The lowest BCUT2D eigenvalue weighted by Gasteiger charge is -2.35. The molecule has 4 rings (SSSR count). The van der Waals surface area contributed by atoms with Gasteiger partial charge in [0.2, 0.25) is 0 Å². The van der Waals surface area contributed by atoms with Gasteiger partial charge in [-0.05, 0) is 18.1 Å². The van der Waals surface area contributed by atoms with Crippen molar-refractivity contribution in [1.82, 2.24) is 9.55 Å². The van der Waals surface area contributed by atoms with Crippen molar-refractivity contribution < 1.29 is 20.1 Å². The van der Waals surface area contributed by atoms with E-state index in [1.807, 2.05) is 35.2 Å². The Kier molecular flexibility index (Phi) is 4.84. The van der Waals surface area contributed by atoms with Crippen molar-refractivity contribution in [3.8, 4) is 0 Å². The van der Waals surface area contributed by atoms with Crippen LogP contribution in [0.1, 0.15) is 20.1 Å². The zero-order chi connectivity index (χ0) is 20.0. The average Bonchev–Trinajstić information content (AvgIpc) is 3.24. The third-order valence-corrected chi connectivity index (χ3v) is 5.21. The van der Waals surface area contributed by atoms with Crippen molar-refractivity contribution in [3.05, 3.63) is 47.5 Å². The molecule has 0 bridgehead atoms. The van der Waals surface area contributed by atoms with Crippen molar-refractivity contribution in [3.63, 3.8) is 0 Å². The van der Waals surface area contributed by atoms with E-state index in [2.05, 4.69) is 18.8 Å². The predicted molar refractivity (Wildman–Crippen MR) is 101 cm³/mol. The molecule has 9 nitrogen and oxygen atoms in total. The summed E-state index contributed by atoms with van der Waals surface area (Å²) in [5.74, 6) is 0.598. The van der Waals surface area contributed by atoms with E-state index < -0.39 is 31.1 Å². The van der Waals surface area contributed by atoms with E-state index in [9.17, 15) is 15.3 Å². The highest BCUT2D eigenvalue weighted by Gasteiger charge is 2.44. The van der Waals surface area contributed by atoms with Gasteiger partial charge in [-0.15, -0.1) is 0 Å². The molecule has 3 heterocycles. The lowest BCUT2D eigenvalue weighted by atomic mass is 10.1. The Labute approximate surface area is 162 Å². The highest BCUT2D eigenvalue weighted by Crippen LogP contribution is 2.29. The monoisotopic (exact) mass is 387 g/mol. The van der Waals surface area contributed by atoms with Crippen LogP contribution in [0.25, 0.3) is 5.82 Å². The maximum Gasteiger partial charge on any atom is 0.165 e. The second-order valence-electron chi connectivity index (χ2n) is 7.43. The van der Waals surface area contributed by atoms with E-state index in [-0.39, 0.29) is 12.1 Å². The van der Waals surface area contributed by atoms with Gasteiger partial charge in [0.15, 0.2) is 11.7 Å². The fourth-order valence-electron chi connectivity index (χ4n) is 3.73.